The Morgan fingerprint density at radius 3 is 2.47 bits per heavy atom. The molecule has 0 spiro atoms. The highest BCUT2D eigenvalue weighted by Gasteiger charge is 2.23. The predicted molar refractivity (Wildman–Crippen MR) is 129 cm³/mol. The molecule has 2 N–H and O–H groups in total. The van der Waals surface area contributed by atoms with Crippen LogP contribution in [0.15, 0.2) is 66.7 Å². The number of hydrogen-bond donors (Lipinski definition) is 2. The minimum absolute atomic E-state index is 0.0724. The van der Waals surface area contributed by atoms with Gasteiger partial charge in [-0.15, -0.1) is 0 Å². The Bertz CT molecular complexity index is 1250. The Labute approximate surface area is 188 Å². The van der Waals surface area contributed by atoms with Crippen LogP contribution in [0.25, 0.3) is 22.2 Å². The molecule has 1 unspecified atom stereocenters. The van der Waals surface area contributed by atoms with Crippen LogP contribution < -0.4 is 5.32 Å². The summed E-state index contributed by atoms with van der Waals surface area (Å²) >= 11 is 0. The molecule has 0 bridgehead atoms. The van der Waals surface area contributed by atoms with Crippen molar-refractivity contribution in [3.05, 3.63) is 89.2 Å². The topological polar surface area (TPSA) is 37.2 Å². The smallest absolute Gasteiger partial charge is 0.156 e. The third-order valence-corrected chi connectivity index (χ3v) is 6.39. The van der Waals surface area contributed by atoms with Crippen molar-refractivity contribution >= 4 is 10.9 Å². The van der Waals surface area contributed by atoms with Gasteiger partial charge in [0, 0.05) is 29.6 Å². The number of nitrogens with zero attached hydrogens (tertiary/aromatic N) is 1. The number of hydrogen-bond acceptors (Lipinski definition) is 2. The highest BCUT2D eigenvalue weighted by atomic mass is 19.1. The summed E-state index contributed by atoms with van der Waals surface area (Å²) < 4.78 is 17.6. The van der Waals surface area contributed by atoms with E-state index in [0.717, 1.165) is 28.6 Å². The molecule has 4 aromatic rings. The molecule has 1 aliphatic carbocycles. The first-order valence-corrected chi connectivity index (χ1v) is 11.4. The standard InChI is InChI=1S/C28H29FN2O/c1-18-5-3-4-6-24(18)28-27(29)25-16-23(32)13-14-26(25)31(28)17-21-9-7-20(8-10-21)15-19(2)30-22-11-12-22/h3-10,13-14,16,19,22,30,32H,11-12,15,17H2,1-2H3. The largest absolute Gasteiger partial charge is 0.508 e. The van der Waals surface area contributed by atoms with Gasteiger partial charge in [-0.05, 0) is 68.0 Å². The lowest BCUT2D eigenvalue weighted by molar-refractivity contribution is 0.476. The second kappa shape index (κ2) is 8.44. The molecule has 0 amide bonds. The average molecular weight is 429 g/mol. The fourth-order valence-corrected chi connectivity index (χ4v) is 4.60. The number of phenols is 1. The third-order valence-electron chi connectivity index (χ3n) is 6.39. The van der Waals surface area contributed by atoms with Crippen LogP contribution in [0.1, 0.15) is 36.5 Å². The fourth-order valence-electron chi connectivity index (χ4n) is 4.60. The molecule has 1 fully saturated rings. The molecule has 0 radical (unpaired) electrons. The summed E-state index contributed by atoms with van der Waals surface area (Å²) in [6.45, 7) is 4.80. The van der Waals surface area contributed by atoms with E-state index in [1.165, 1.54) is 24.5 Å². The molecular weight excluding hydrogens is 399 g/mol. The lowest BCUT2D eigenvalue weighted by atomic mass is 10.0. The van der Waals surface area contributed by atoms with Crippen molar-refractivity contribution in [2.45, 2.75) is 51.7 Å². The van der Waals surface area contributed by atoms with Crippen molar-refractivity contribution in [2.75, 3.05) is 0 Å². The molecule has 1 aromatic heterocycles. The van der Waals surface area contributed by atoms with E-state index in [2.05, 4.69) is 36.5 Å². The van der Waals surface area contributed by atoms with E-state index in [9.17, 15) is 5.11 Å². The molecule has 4 heteroatoms. The van der Waals surface area contributed by atoms with Gasteiger partial charge in [0.1, 0.15) is 5.75 Å². The summed E-state index contributed by atoms with van der Waals surface area (Å²) in [5.74, 6) is -0.218. The number of aryl methyl sites for hydroxylation is 1. The first kappa shape index (κ1) is 20.8. The van der Waals surface area contributed by atoms with E-state index in [-0.39, 0.29) is 11.6 Å². The molecular formula is C28H29FN2O. The summed E-state index contributed by atoms with van der Waals surface area (Å²) in [5.41, 5.74) is 5.67. The molecule has 1 heterocycles. The van der Waals surface area contributed by atoms with Crippen LogP contribution in [0.2, 0.25) is 0 Å². The highest BCUT2D eigenvalue weighted by Crippen LogP contribution is 2.36. The lowest BCUT2D eigenvalue weighted by Gasteiger charge is -2.15. The van der Waals surface area contributed by atoms with Crippen LogP contribution in [0.3, 0.4) is 0 Å². The Morgan fingerprint density at radius 1 is 1.03 bits per heavy atom. The van der Waals surface area contributed by atoms with Gasteiger partial charge in [0.25, 0.3) is 0 Å². The van der Waals surface area contributed by atoms with E-state index < -0.39 is 0 Å². The minimum Gasteiger partial charge on any atom is -0.508 e. The second-order valence-corrected chi connectivity index (χ2v) is 9.13. The minimum atomic E-state index is -0.290. The first-order valence-electron chi connectivity index (χ1n) is 11.4. The number of nitrogens with one attached hydrogen (secondary N) is 1. The average Bonchev–Trinajstić information content (AvgIpc) is 3.55. The van der Waals surface area contributed by atoms with Crippen molar-refractivity contribution in [2.24, 2.45) is 0 Å². The van der Waals surface area contributed by atoms with Gasteiger partial charge in [-0.25, -0.2) is 4.39 Å². The van der Waals surface area contributed by atoms with Gasteiger partial charge in [-0.3, -0.25) is 0 Å². The molecule has 1 saturated carbocycles. The summed E-state index contributed by atoms with van der Waals surface area (Å²) in [6.07, 6.45) is 3.60. The predicted octanol–water partition coefficient (Wildman–Crippen LogP) is 6.19. The van der Waals surface area contributed by atoms with Crippen molar-refractivity contribution < 1.29 is 9.50 Å². The van der Waals surface area contributed by atoms with Crippen LogP contribution in [-0.4, -0.2) is 21.8 Å². The normalized spacial score (nSPS) is 14.7. The lowest BCUT2D eigenvalue weighted by Crippen LogP contribution is -2.29. The molecule has 0 aliphatic heterocycles. The van der Waals surface area contributed by atoms with Crippen molar-refractivity contribution in [3.8, 4) is 17.0 Å². The summed E-state index contributed by atoms with van der Waals surface area (Å²) in [5, 5.41) is 14.0. The van der Waals surface area contributed by atoms with Crippen LogP contribution in [-0.2, 0) is 13.0 Å². The van der Waals surface area contributed by atoms with Gasteiger partial charge in [0.2, 0.25) is 0 Å². The number of benzene rings is 3. The molecule has 3 aromatic carbocycles. The maximum atomic E-state index is 15.6. The van der Waals surface area contributed by atoms with Gasteiger partial charge in [0.05, 0.1) is 11.2 Å². The van der Waals surface area contributed by atoms with E-state index in [0.29, 0.717) is 29.7 Å². The Balaban J connectivity index is 1.49. The number of phenolic OH excluding ortho intramolecular Hbond substituents is 1. The van der Waals surface area contributed by atoms with Crippen molar-refractivity contribution in [1.82, 2.24) is 9.88 Å². The van der Waals surface area contributed by atoms with E-state index in [1.54, 1.807) is 12.1 Å². The zero-order valence-corrected chi connectivity index (χ0v) is 18.6. The maximum Gasteiger partial charge on any atom is 0.156 e. The zero-order chi connectivity index (χ0) is 22.2. The van der Waals surface area contributed by atoms with Gasteiger partial charge in [-0.2, -0.15) is 0 Å². The number of aromatic nitrogens is 1. The van der Waals surface area contributed by atoms with Crippen molar-refractivity contribution in [3.63, 3.8) is 0 Å². The van der Waals surface area contributed by atoms with Gasteiger partial charge in [-0.1, -0.05) is 48.5 Å². The zero-order valence-electron chi connectivity index (χ0n) is 18.6. The summed E-state index contributed by atoms with van der Waals surface area (Å²) in [7, 11) is 0. The number of aromatic hydroxyl groups is 1. The monoisotopic (exact) mass is 428 g/mol. The Kier molecular flexibility index (Phi) is 5.48. The summed E-state index contributed by atoms with van der Waals surface area (Å²) in [4.78, 5) is 0. The third kappa shape index (κ3) is 4.15. The van der Waals surface area contributed by atoms with E-state index in [4.69, 9.17) is 0 Å². The van der Waals surface area contributed by atoms with Crippen LogP contribution in [0.5, 0.6) is 5.75 Å². The van der Waals surface area contributed by atoms with Gasteiger partial charge >= 0.3 is 0 Å². The Hall–Kier alpha value is -3.11. The molecule has 1 aliphatic rings. The number of rotatable bonds is 7. The Morgan fingerprint density at radius 2 is 1.75 bits per heavy atom. The molecule has 32 heavy (non-hydrogen) atoms. The highest BCUT2D eigenvalue weighted by molar-refractivity contribution is 5.89. The number of halogens is 1. The molecule has 3 nitrogen and oxygen atoms in total. The fraction of sp³-hybridized carbons (Fsp3) is 0.286. The molecule has 5 rings (SSSR count). The quantitative estimate of drug-likeness (QED) is 0.368. The molecule has 0 saturated heterocycles. The summed E-state index contributed by atoms with van der Waals surface area (Å²) in [6, 6.07) is 22.6. The van der Waals surface area contributed by atoms with E-state index >= 15 is 4.39 Å². The number of fused-ring (bicyclic) bond motifs is 1. The van der Waals surface area contributed by atoms with Crippen molar-refractivity contribution in [1.29, 1.82) is 0 Å². The van der Waals surface area contributed by atoms with Crippen LogP contribution >= 0.6 is 0 Å². The molecule has 164 valence electrons. The first-order chi connectivity index (χ1) is 15.5. The maximum absolute atomic E-state index is 15.6. The van der Waals surface area contributed by atoms with Crippen LogP contribution in [0, 0.1) is 12.7 Å². The molecule has 1 atom stereocenters. The van der Waals surface area contributed by atoms with E-state index in [1.807, 2.05) is 35.8 Å². The van der Waals surface area contributed by atoms with Crippen LogP contribution in [0.4, 0.5) is 4.39 Å². The van der Waals surface area contributed by atoms with Gasteiger partial charge in [0.15, 0.2) is 5.82 Å². The second-order valence-electron chi connectivity index (χ2n) is 9.13. The SMILES string of the molecule is Cc1ccccc1-c1c(F)c2cc(O)ccc2n1Cc1ccc(CC(C)NC2CC2)cc1. The van der Waals surface area contributed by atoms with Gasteiger partial charge < -0.3 is 15.0 Å².